The van der Waals surface area contributed by atoms with Crippen molar-refractivity contribution in [2.45, 2.75) is 18.4 Å². The van der Waals surface area contributed by atoms with Gasteiger partial charge in [0.05, 0.1) is 12.0 Å². The van der Waals surface area contributed by atoms with Crippen LogP contribution in [0.4, 0.5) is 14.9 Å². The molecular formula is C26H20FN3O5. The molecular weight excluding hydrogens is 453 g/mol. The number of alkyl carbamates (subject to hydrolysis) is 1. The van der Waals surface area contributed by atoms with E-state index in [1.807, 2.05) is 48.5 Å². The number of nitrogens with one attached hydrogen (secondary N) is 2. The average molecular weight is 473 g/mol. The van der Waals surface area contributed by atoms with Crippen LogP contribution in [0, 0.1) is 17.1 Å². The summed E-state index contributed by atoms with van der Waals surface area (Å²) < 4.78 is 18.9. The average Bonchev–Trinajstić information content (AvgIpc) is 3.17. The summed E-state index contributed by atoms with van der Waals surface area (Å²) in [4.78, 5) is 36.4. The third kappa shape index (κ3) is 5.12. The molecule has 0 saturated carbocycles. The highest BCUT2D eigenvalue weighted by Crippen LogP contribution is 2.44. The summed E-state index contributed by atoms with van der Waals surface area (Å²) in [6.45, 7) is -0.00916. The van der Waals surface area contributed by atoms with Crippen molar-refractivity contribution in [3.63, 3.8) is 0 Å². The second-order valence-electron chi connectivity index (χ2n) is 7.92. The van der Waals surface area contributed by atoms with Gasteiger partial charge in [-0.05, 0) is 40.5 Å². The number of benzene rings is 3. The third-order valence-electron chi connectivity index (χ3n) is 5.69. The molecule has 1 atom stereocenters. The van der Waals surface area contributed by atoms with E-state index >= 15 is 0 Å². The van der Waals surface area contributed by atoms with Crippen LogP contribution in [-0.2, 0) is 14.3 Å². The molecule has 3 aromatic carbocycles. The Morgan fingerprint density at radius 2 is 1.66 bits per heavy atom. The molecule has 1 aliphatic carbocycles. The number of carbonyl (C=O) groups is 3. The van der Waals surface area contributed by atoms with Crippen LogP contribution in [0.1, 0.15) is 29.0 Å². The Hall–Kier alpha value is -4.71. The lowest BCUT2D eigenvalue weighted by atomic mass is 9.98. The SMILES string of the molecule is N#Cc1cc(NC(=O)C(CC(=O)O)NC(=O)OCC2c3ccccc3-c3ccccc32)ccc1F. The van der Waals surface area contributed by atoms with Crippen LogP contribution in [0.3, 0.4) is 0 Å². The van der Waals surface area contributed by atoms with Gasteiger partial charge in [-0.3, -0.25) is 9.59 Å². The van der Waals surface area contributed by atoms with Gasteiger partial charge in [0, 0.05) is 11.6 Å². The lowest BCUT2D eigenvalue weighted by Crippen LogP contribution is -2.45. The summed E-state index contributed by atoms with van der Waals surface area (Å²) in [6.07, 6.45) is -1.66. The van der Waals surface area contributed by atoms with E-state index in [1.165, 1.54) is 6.07 Å². The molecule has 0 bridgehead atoms. The number of carbonyl (C=O) groups excluding carboxylic acids is 2. The Kier molecular flexibility index (Phi) is 6.73. The number of hydrogen-bond donors (Lipinski definition) is 3. The fourth-order valence-electron chi connectivity index (χ4n) is 4.08. The highest BCUT2D eigenvalue weighted by atomic mass is 19.1. The molecule has 8 nitrogen and oxygen atoms in total. The first kappa shape index (κ1) is 23.4. The first-order valence-corrected chi connectivity index (χ1v) is 10.7. The van der Waals surface area contributed by atoms with Crippen molar-refractivity contribution in [3.8, 4) is 17.2 Å². The Labute approximate surface area is 200 Å². The van der Waals surface area contributed by atoms with E-state index in [1.54, 1.807) is 6.07 Å². The quantitative estimate of drug-likeness (QED) is 0.476. The van der Waals surface area contributed by atoms with Gasteiger partial charge in [-0.25, -0.2) is 9.18 Å². The molecule has 4 rings (SSSR count). The number of nitriles is 1. The largest absolute Gasteiger partial charge is 0.481 e. The second-order valence-corrected chi connectivity index (χ2v) is 7.92. The third-order valence-corrected chi connectivity index (χ3v) is 5.69. The molecule has 0 spiro atoms. The zero-order valence-electron chi connectivity index (χ0n) is 18.3. The number of halogens is 1. The molecule has 1 aliphatic rings. The maximum atomic E-state index is 13.5. The topological polar surface area (TPSA) is 129 Å². The number of anilines is 1. The molecule has 0 aliphatic heterocycles. The Balaban J connectivity index is 1.43. The number of carboxylic acid groups (broad SMARTS) is 1. The predicted octanol–water partition coefficient (Wildman–Crippen LogP) is 4.02. The molecule has 176 valence electrons. The number of hydrogen-bond acceptors (Lipinski definition) is 5. The van der Waals surface area contributed by atoms with Crippen molar-refractivity contribution in [1.29, 1.82) is 5.26 Å². The number of carboxylic acids is 1. The van der Waals surface area contributed by atoms with E-state index in [4.69, 9.17) is 10.00 Å². The van der Waals surface area contributed by atoms with Crippen LogP contribution in [-0.4, -0.2) is 35.7 Å². The molecule has 9 heteroatoms. The molecule has 0 fully saturated rings. The van der Waals surface area contributed by atoms with Crippen LogP contribution >= 0.6 is 0 Å². The highest BCUT2D eigenvalue weighted by molar-refractivity contribution is 5.98. The molecule has 3 aromatic rings. The van der Waals surface area contributed by atoms with E-state index in [2.05, 4.69) is 10.6 Å². The van der Waals surface area contributed by atoms with Crippen molar-refractivity contribution >= 4 is 23.7 Å². The van der Waals surface area contributed by atoms with Gasteiger partial charge in [0.1, 0.15) is 24.5 Å². The first-order valence-electron chi connectivity index (χ1n) is 10.7. The molecule has 0 radical (unpaired) electrons. The van der Waals surface area contributed by atoms with E-state index in [9.17, 15) is 23.9 Å². The summed E-state index contributed by atoms with van der Waals surface area (Å²) in [5.41, 5.74) is 3.91. The number of amides is 2. The molecule has 0 heterocycles. The molecule has 3 N–H and O–H groups in total. The summed E-state index contributed by atoms with van der Waals surface area (Å²) in [5, 5.41) is 22.8. The maximum Gasteiger partial charge on any atom is 0.407 e. The number of rotatable bonds is 7. The minimum atomic E-state index is -1.46. The van der Waals surface area contributed by atoms with E-state index < -0.39 is 36.2 Å². The van der Waals surface area contributed by atoms with Crippen LogP contribution < -0.4 is 10.6 Å². The highest BCUT2D eigenvalue weighted by Gasteiger charge is 2.30. The van der Waals surface area contributed by atoms with Crippen LogP contribution in [0.25, 0.3) is 11.1 Å². The molecule has 2 amide bonds. The zero-order valence-corrected chi connectivity index (χ0v) is 18.3. The fraction of sp³-hybridized carbons (Fsp3) is 0.154. The van der Waals surface area contributed by atoms with Gasteiger partial charge in [0.25, 0.3) is 0 Å². The van der Waals surface area contributed by atoms with Crippen LogP contribution in [0.15, 0.2) is 66.7 Å². The summed E-state index contributed by atoms with van der Waals surface area (Å²) >= 11 is 0. The first-order chi connectivity index (χ1) is 16.9. The lowest BCUT2D eigenvalue weighted by molar-refractivity contribution is -0.139. The minimum Gasteiger partial charge on any atom is -0.481 e. The van der Waals surface area contributed by atoms with E-state index in [0.717, 1.165) is 34.4 Å². The summed E-state index contributed by atoms with van der Waals surface area (Å²) in [5.74, 6) is -3.13. The van der Waals surface area contributed by atoms with Crippen molar-refractivity contribution in [2.75, 3.05) is 11.9 Å². The number of fused-ring (bicyclic) bond motifs is 3. The van der Waals surface area contributed by atoms with Gasteiger partial charge in [-0.2, -0.15) is 5.26 Å². The monoisotopic (exact) mass is 473 g/mol. The van der Waals surface area contributed by atoms with E-state index in [-0.39, 0.29) is 23.8 Å². The zero-order chi connectivity index (χ0) is 24.9. The smallest absolute Gasteiger partial charge is 0.407 e. The van der Waals surface area contributed by atoms with Crippen LogP contribution in [0.2, 0.25) is 0 Å². The van der Waals surface area contributed by atoms with Crippen molar-refractivity contribution in [3.05, 3.63) is 89.2 Å². The minimum absolute atomic E-state index is 0.00916. The number of ether oxygens (including phenoxy) is 1. The van der Waals surface area contributed by atoms with Crippen molar-refractivity contribution < 1.29 is 28.6 Å². The molecule has 0 aromatic heterocycles. The fourth-order valence-corrected chi connectivity index (χ4v) is 4.08. The van der Waals surface area contributed by atoms with Gasteiger partial charge in [0.15, 0.2) is 0 Å². The van der Waals surface area contributed by atoms with Crippen LogP contribution in [0.5, 0.6) is 0 Å². The van der Waals surface area contributed by atoms with Gasteiger partial charge < -0.3 is 20.5 Å². The van der Waals surface area contributed by atoms with Gasteiger partial charge in [-0.15, -0.1) is 0 Å². The Morgan fingerprint density at radius 1 is 1.03 bits per heavy atom. The number of aliphatic carboxylic acids is 1. The summed E-state index contributed by atoms with van der Waals surface area (Å²) in [6, 6.07) is 19.1. The Morgan fingerprint density at radius 3 is 2.26 bits per heavy atom. The second kappa shape index (κ2) is 10.1. The molecule has 35 heavy (non-hydrogen) atoms. The van der Waals surface area contributed by atoms with Gasteiger partial charge in [0.2, 0.25) is 5.91 Å². The summed E-state index contributed by atoms with van der Waals surface area (Å²) in [7, 11) is 0. The predicted molar refractivity (Wildman–Crippen MR) is 124 cm³/mol. The lowest BCUT2D eigenvalue weighted by Gasteiger charge is -2.19. The van der Waals surface area contributed by atoms with Crippen molar-refractivity contribution in [2.24, 2.45) is 0 Å². The Bertz CT molecular complexity index is 1310. The van der Waals surface area contributed by atoms with Crippen molar-refractivity contribution in [1.82, 2.24) is 5.32 Å². The van der Waals surface area contributed by atoms with Gasteiger partial charge >= 0.3 is 12.1 Å². The molecule has 0 saturated heterocycles. The normalized spacial score (nSPS) is 12.6. The standard InChI is InChI=1S/C26H20FN3O5/c27-22-10-9-16(11-15(22)13-28)29-25(33)23(12-24(31)32)30-26(34)35-14-21-19-7-3-1-5-17(19)18-6-2-4-8-20(18)21/h1-11,21,23H,12,14H2,(H,29,33)(H,30,34)(H,31,32). The number of nitrogens with zero attached hydrogens (tertiary/aromatic N) is 1. The molecule has 1 unspecified atom stereocenters. The van der Waals surface area contributed by atoms with E-state index in [0.29, 0.717) is 0 Å². The van der Waals surface area contributed by atoms with Gasteiger partial charge in [-0.1, -0.05) is 48.5 Å². The maximum absolute atomic E-state index is 13.5.